The standard InChI is InChI=1S/C13H16N2O3/c1-17-12-4-3-10(13(5-12)18-2)7-15-9-14-6-11(15)8-16/h3-6,9,16H,7-8H2,1-2H3. The molecule has 5 heteroatoms. The van der Waals surface area contributed by atoms with Gasteiger partial charge in [-0.05, 0) is 12.1 Å². The Morgan fingerprint density at radius 2 is 2.11 bits per heavy atom. The maximum absolute atomic E-state index is 9.18. The molecule has 1 aromatic heterocycles. The molecule has 2 rings (SSSR count). The summed E-state index contributed by atoms with van der Waals surface area (Å²) in [6, 6.07) is 5.66. The molecule has 5 nitrogen and oxygen atoms in total. The lowest BCUT2D eigenvalue weighted by Crippen LogP contribution is -2.04. The lowest BCUT2D eigenvalue weighted by atomic mass is 10.2. The third-order valence-corrected chi connectivity index (χ3v) is 2.80. The summed E-state index contributed by atoms with van der Waals surface area (Å²) in [6.45, 7) is 0.571. The van der Waals surface area contributed by atoms with Crippen molar-refractivity contribution < 1.29 is 14.6 Å². The first-order valence-electron chi connectivity index (χ1n) is 5.59. The fraction of sp³-hybridized carbons (Fsp3) is 0.308. The summed E-state index contributed by atoms with van der Waals surface area (Å²) >= 11 is 0. The number of imidazole rings is 1. The minimum Gasteiger partial charge on any atom is -0.497 e. The molecule has 0 spiro atoms. The predicted octanol–water partition coefficient (Wildman–Crippen LogP) is 1.44. The molecule has 96 valence electrons. The molecule has 0 fully saturated rings. The minimum atomic E-state index is -0.0293. The van der Waals surface area contributed by atoms with Crippen molar-refractivity contribution in [2.24, 2.45) is 0 Å². The zero-order valence-corrected chi connectivity index (χ0v) is 10.5. The number of benzene rings is 1. The second-order valence-electron chi connectivity index (χ2n) is 3.85. The summed E-state index contributed by atoms with van der Waals surface area (Å²) in [4.78, 5) is 4.02. The molecule has 18 heavy (non-hydrogen) atoms. The summed E-state index contributed by atoms with van der Waals surface area (Å²) < 4.78 is 12.4. The van der Waals surface area contributed by atoms with Crippen LogP contribution in [0.1, 0.15) is 11.3 Å². The van der Waals surface area contributed by atoms with Crippen LogP contribution < -0.4 is 9.47 Å². The molecular formula is C13H16N2O3. The Morgan fingerprint density at radius 3 is 2.78 bits per heavy atom. The topological polar surface area (TPSA) is 56.5 Å². The summed E-state index contributed by atoms with van der Waals surface area (Å²) in [6.07, 6.45) is 3.34. The third kappa shape index (κ3) is 2.46. The smallest absolute Gasteiger partial charge is 0.127 e. The van der Waals surface area contributed by atoms with Crippen LogP contribution in [0.15, 0.2) is 30.7 Å². The van der Waals surface area contributed by atoms with Crippen LogP contribution in [-0.4, -0.2) is 28.9 Å². The fourth-order valence-corrected chi connectivity index (χ4v) is 1.79. The molecule has 0 saturated heterocycles. The van der Waals surface area contributed by atoms with Gasteiger partial charge in [-0.2, -0.15) is 0 Å². The van der Waals surface area contributed by atoms with Crippen molar-refractivity contribution in [3.63, 3.8) is 0 Å². The third-order valence-electron chi connectivity index (χ3n) is 2.80. The van der Waals surface area contributed by atoms with E-state index in [2.05, 4.69) is 4.98 Å². The minimum absolute atomic E-state index is 0.0293. The van der Waals surface area contributed by atoms with E-state index in [0.29, 0.717) is 6.54 Å². The van der Waals surface area contributed by atoms with E-state index in [0.717, 1.165) is 22.8 Å². The molecule has 0 aliphatic heterocycles. The van der Waals surface area contributed by atoms with Crippen molar-refractivity contribution in [2.75, 3.05) is 14.2 Å². The van der Waals surface area contributed by atoms with Gasteiger partial charge in [-0.1, -0.05) is 0 Å². The molecule has 1 heterocycles. The molecule has 0 saturated carbocycles. The van der Waals surface area contributed by atoms with Crippen molar-refractivity contribution >= 4 is 0 Å². The van der Waals surface area contributed by atoms with E-state index in [-0.39, 0.29) is 6.61 Å². The lowest BCUT2D eigenvalue weighted by Gasteiger charge is -2.12. The maximum Gasteiger partial charge on any atom is 0.127 e. The molecule has 1 N–H and O–H groups in total. The van der Waals surface area contributed by atoms with Crippen LogP contribution in [0.3, 0.4) is 0 Å². The van der Waals surface area contributed by atoms with E-state index in [9.17, 15) is 5.11 Å². The van der Waals surface area contributed by atoms with Crippen molar-refractivity contribution in [3.05, 3.63) is 42.0 Å². The van der Waals surface area contributed by atoms with Gasteiger partial charge in [-0.15, -0.1) is 0 Å². The molecule has 1 aromatic carbocycles. The van der Waals surface area contributed by atoms with Crippen LogP contribution in [0.25, 0.3) is 0 Å². The second kappa shape index (κ2) is 5.55. The first-order valence-corrected chi connectivity index (χ1v) is 5.59. The fourth-order valence-electron chi connectivity index (χ4n) is 1.79. The number of hydrogen-bond acceptors (Lipinski definition) is 4. The van der Waals surface area contributed by atoms with Gasteiger partial charge in [0.25, 0.3) is 0 Å². The van der Waals surface area contributed by atoms with Gasteiger partial charge in [0, 0.05) is 11.6 Å². The first kappa shape index (κ1) is 12.4. The Bertz CT molecular complexity index is 523. The summed E-state index contributed by atoms with van der Waals surface area (Å²) in [5.41, 5.74) is 1.78. The van der Waals surface area contributed by atoms with Gasteiger partial charge >= 0.3 is 0 Å². The van der Waals surface area contributed by atoms with Crippen LogP contribution in [-0.2, 0) is 13.2 Å². The van der Waals surface area contributed by atoms with E-state index in [1.165, 1.54) is 0 Å². The van der Waals surface area contributed by atoms with Gasteiger partial charge in [-0.25, -0.2) is 4.98 Å². The van der Waals surface area contributed by atoms with Crippen LogP contribution in [0.5, 0.6) is 11.5 Å². The normalized spacial score (nSPS) is 10.4. The average molecular weight is 248 g/mol. The Hall–Kier alpha value is -2.01. The Kier molecular flexibility index (Phi) is 3.84. The monoisotopic (exact) mass is 248 g/mol. The van der Waals surface area contributed by atoms with E-state index in [1.54, 1.807) is 26.7 Å². The number of rotatable bonds is 5. The van der Waals surface area contributed by atoms with Gasteiger partial charge in [0.15, 0.2) is 0 Å². The highest BCUT2D eigenvalue weighted by Crippen LogP contribution is 2.25. The van der Waals surface area contributed by atoms with E-state index >= 15 is 0 Å². The number of aliphatic hydroxyl groups excluding tert-OH is 1. The molecule has 0 aliphatic carbocycles. The van der Waals surface area contributed by atoms with Crippen LogP contribution in [0.2, 0.25) is 0 Å². The molecule has 0 atom stereocenters. The predicted molar refractivity (Wildman–Crippen MR) is 66.8 cm³/mol. The Morgan fingerprint density at radius 1 is 1.28 bits per heavy atom. The zero-order chi connectivity index (χ0) is 13.0. The summed E-state index contributed by atoms with van der Waals surface area (Å²) in [5.74, 6) is 1.51. The zero-order valence-electron chi connectivity index (χ0n) is 10.5. The molecular weight excluding hydrogens is 232 g/mol. The molecule has 0 aliphatic rings. The van der Waals surface area contributed by atoms with Gasteiger partial charge in [-0.3, -0.25) is 0 Å². The van der Waals surface area contributed by atoms with Gasteiger partial charge < -0.3 is 19.1 Å². The average Bonchev–Trinajstić information content (AvgIpc) is 2.86. The highest BCUT2D eigenvalue weighted by molar-refractivity contribution is 5.41. The summed E-state index contributed by atoms with van der Waals surface area (Å²) in [5, 5.41) is 9.18. The molecule has 0 unspecified atom stereocenters. The number of nitrogens with zero attached hydrogens (tertiary/aromatic N) is 2. The largest absolute Gasteiger partial charge is 0.497 e. The Balaban J connectivity index is 2.28. The van der Waals surface area contributed by atoms with Crippen molar-refractivity contribution in [1.29, 1.82) is 0 Å². The molecule has 0 amide bonds. The van der Waals surface area contributed by atoms with Crippen molar-refractivity contribution in [1.82, 2.24) is 9.55 Å². The number of methoxy groups -OCH3 is 2. The van der Waals surface area contributed by atoms with Gasteiger partial charge in [0.05, 0.1) is 45.6 Å². The number of aliphatic hydroxyl groups is 1. The van der Waals surface area contributed by atoms with Crippen molar-refractivity contribution in [2.45, 2.75) is 13.2 Å². The van der Waals surface area contributed by atoms with Crippen LogP contribution in [0.4, 0.5) is 0 Å². The van der Waals surface area contributed by atoms with Crippen LogP contribution >= 0.6 is 0 Å². The second-order valence-corrected chi connectivity index (χ2v) is 3.85. The number of hydrogen-bond donors (Lipinski definition) is 1. The molecule has 0 radical (unpaired) electrons. The SMILES string of the molecule is COc1ccc(Cn2cncc2CO)c(OC)c1. The lowest BCUT2D eigenvalue weighted by molar-refractivity contribution is 0.271. The Labute approximate surface area is 106 Å². The van der Waals surface area contributed by atoms with Crippen LogP contribution in [0, 0.1) is 0 Å². The number of ether oxygens (including phenoxy) is 2. The highest BCUT2D eigenvalue weighted by Gasteiger charge is 2.08. The van der Waals surface area contributed by atoms with E-state index < -0.39 is 0 Å². The number of aromatic nitrogens is 2. The highest BCUT2D eigenvalue weighted by atomic mass is 16.5. The van der Waals surface area contributed by atoms with E-state index in [4.69, 9.17) is 9.47 Å². The molecule has 0 bridgehead atoms. The van der Waals surface area contributed by atoms with Crippen molar-refractivity contribution in [3.8, 4) is 11.5 Å². The van der Waals surface area contributed by atoms with Gasteiger partial charge in [0.2, 0.25) is 0 Å². The van der Waals surface area contributed by atoms with Gasteiger partial charge in [0.1, 0.15) is 11.5 Å². The quantitative estimate of drug-likeness (QED) is 0.870. The maximum atomic E-state index is 9.18. The first-order chi connectivity index (χ1) is 8.78. The van der Waals surface area contributed by atoms with E-state index in [1.807, 2.05) is 22.8 Å². The summed E-state index contributed by atoms with van der Waals surface area (Å²) in [7, 11) is 3.24. The molecule has 2 aromatic rings.